The molecule has 3 aromatic rings. The van der Waals surface area contributed by atoms with Gasteiger partial charge >= 0.3 is 12.1 Å². The summed E-state index contributed by atoms with van der Waals surface area (Å²) in [5, 5.41) is 15.1. The van der Waals surface area contributed by atoms with E-state index in [1.807, 2.05) is 66.7 Å². The first kappa shape index (κ1) is 26.4. The van der Waals surface area contributed by atoms with Crippen LogP contribution in [-0.4, -0.2) is 47.4 Å². The molecule has 0 saturated heterocycles. The Morgan fingerprint density at radius 2 is 1.51 bits per heavy atom. The zero-order chi connectivity index (χ0) is 27.4. The highest BCUT2D eigenvalue weighted by Crippen LogP contribution is 2.44. The molecular formula is C31H32N2O6. The normalized spacial score (nSPS) is 16.6. The van der Waals surface area contributed by atoms with E-state index in [-0.39, 0.29) is 19.1 Å². The molecule has 3 N–H and O–H groups in total. The van der Waals surface area contributed by atoms with Crippen LogP contribution in [0.15, 0.2) is 78.9 Å². The molecular weight excluding hydrogens is 496 g/mol. The van der Waals surface area contributed by atoms with Gasteiger partial charge in [0, 0.05) is 5.92 Å². The zero-order valence-corrected chi connectivity index (χ0v) is 21.8. The van der Waals surface area contributed by atoms with Crippen LogP contribution in [0.3, 0.4) is 0 Å². The number of aliphatic carboxylic acids is 1. The fourth-order valence-electron chi connectivity index (χ4n) is 5.33. The molecule has 0 radical (unpaired) electrons. The van der Waals surface area contributed by atoms with Gasteiger partial charge in [-0.25, -0.2) is 9.59 Å². The van der Waals surface area contributed by atoms with E-state index in [0.717, 1.165) is 34.2 Å². The number of amides is 2. The van der Waals surface area contributed by atoms with E-state index in [2.05, 4.69) is 22.8 Å². The van der Waals surface area contributed by atoms with Crippen molar-refractivity contribution in [1.29, 1.82) is 0 Å². The molecule has 2 amide bonds. The number of carboxylic acids is 1. The number of carbonyl (C=O) groups is 3. The Morgan fingerprint density at radius 3 is 2.08 bits per heavy atom. The van der Waals surface area contributed by atoms with Crippen molar-refractivity contribution in [3.8, 4) is 11.1 Å². The van der Waals surface area contributed by atoms with Crippen LogP contribution in [-0.2, 0) is 25.7 Å². The molecule has 0 aromatic heterocycles. The summed E-state index contributed by atoms with van der Waals surface area (Å²) in [4.78, 5) is 38.1. The second-order valence-corrected chi connectivity index (χ2v) is 10.2. The van der Waals surface area contributed by atoms with Crippen molar-refractivity contribution in [1.82, 2.24) is 10.6 Å². The van der Waals surface area contributed by atoms with E-state index >= 15 is 0 Å². The molecule has 39 heavy (non-hydrogen) atoms. The monoisotopic (exact) mass is 528 g/mol. The number of rotatable bonds is 10. The molecule has 0 aliphatic heterocycles. The largest absolute Gasteiger partial charge is 0.480 e. The number of carbonyl (C=O) groups excluding carboxylic acids is 2. The van der Waals surface area contributed by atoms with Gasteiger partial charge in [0.2, 0.25) is 5.91 Å². The van der Waals surface area contributed by atoms with Crippen LogP contribution in [0.2, 0.25) is 0 Å². The first-order chi connectivity index (χ1) is 18.9. The van der Waals surface area contributed by atoms with E-state index < -0.39 is 35.7 Å². The van der Waals surface area contributed by atoms with Crippen molar-refractivity contribution in [2.75, 3.05) is 6.61 Å². The Balaban J connectivity index is 1.20. The quantitative estimate of drug-likeness (QED) is 0.354. The standard InChI is InChI=1S/C31H32N2O6/c1-20(38-18-21-10-3-2-4-11-21)27(28(34)35)32-29(36)31(16-9-17-31)33-30(37)39-19-26-24-14-7-5-12-22(24)23-13-6-8-15-25(23)26/h2-8,10-15,20,26-27H,9,16-19H2,1H3,(H,32,36)(H,33,37)(H,34,35)/t20-,27+/m0/s1. The van der Waals surface area contributed by atoms with Gasteiger partial charge in [-0.2, -0.15) is 0 Å². The molecule has 1 saturated carbocycles. The molecule has 3 aromatic carbocycles. The van der Waals surface area contributed by atoms with Gasteiger partial charge in [-0.3, -0.25) is 4.79 Å². The minimum atomic E-state index is -1.28. The lowest BCUT2D eigenvalue weighted by Crippen LogP contribution is -2.65. The average molecular weight is 529 g/mol. The van der Waals surface area contributed by atoms with E-state index in [1.165, 1.54) is 0 Å². The Labute approximate surface area is 227 Å². The smallest absolute Gasteiger partial charge is 0.408 e. The zero-order valence-electron chi connectivity index (χ0n) is 21.8. The lowest BCUT2D eigenvalue weighted by molar-refractivity contribution is -0.148. The lowest BCUT2D eigenvalue weighted by atomic mass is 9.76. The molecule has 0 spiro atoms. The van der Waals surface area contributed by atoms with Gasteiger partial charge in [-0.15, -0.1) is 0 Å². The fourth-order valence-corrected chi connectivity index (χ4v) is 5.33. The van der Waals surface area contributed by atoms with Gasteiger partial charge in [0.25, 0.3) is 0 Å². The number of benzene rings is 3. The highest BCUT2D eigenvalue weighted by Gasteiger charge is 2.47. The molecule has 1 fully saturated rings. The van der Waals surface area contributed by atoms with Crippen molar-refractivity contribution in [3.05, 3.63) is 95.6 Å². The van der Waals surface area contributed by atoms with Crippen LogP contribution in [0.4, 0.5) is 4.79 Å². The number of fused-ring (bicyclic) bond motifs is 3. The van der Waals surface area contributed by atoms with E-state index in [0.29, 0.717) is 12.8 Å². The van der Waals surface area contributed by atoms with Crippen LogP contribution in [0.1, 0.15) is 48.8 Å². The van der Waals surface area contributed by atoms with Gasteiger partial charge in [-0.1, -0.05) is 78.9 Å². The second-order valence-electron chi connectivity index (χ2n) is 10.2. The SMILES string of the molecule is C[C@H](OCc1ccccc1)[C@@H](NC(=O)C1(NC(=O)OCC2c3ccccc3-c3ccccc32)CCC1)C(=O)O. The molecule has 8 nitrogen and oxygen atoms in total. The highest BCUT2D eigenvalue weighted by molar-refractivity contribution is 5.93. The number of carboxylic acid groups (broad SMARTS) is 1. The Hall–Kier alpha value is -4.17. The predicted octanol–water partition coefficient (Wildman–Crippen LogP) is 4.62. The highest BCUT2D eigenvalue weighted by atomic mass is 16.5. The molecule has 202 valence electrons. The van der Waals surface area contributed by atoms with E-state index in [9.17, 15) is 19.5 Å². The van der Waals surface area contributed by atoms with Crippen molar-refractivity contribution >= 4 is 18.0 Å². The lowest BCUT2D eigenvalue weighted by Gasteiger charge is -2.41. The van der Waals surface area contributed by atoms with E-state index in [1.54, 1.807) is 6.92 Å². The van der Waals surface area contributed by atoms with Gasteiger partial charge in [0.15, 0.2) is 6.04 Å². The molecule has 0 heterocycles. The second kappa shape index (κ2) is 11.3. The maximum absolute atomic E-state index is 13.3. The molecule has 5 rings (SSSR count). The minimum absolute atomic E-state index is 0.103. The third kappa shape index (κ3) is 5.52. The molecule has 2 aliphatic carbocycles. The summed E-state index contributed by atoms with van der Waals surface area (Å²) in [6, 6.07) is 24.2. The first-order valence-corrected chi connectivity index (χ1v) is 13.2. The number of ether oxygens (including phenoxy) is 2. The summed E-state index contributed by atoms with van der Waals surface area (Å²) in [5.41, 5.74) is 4.12. The Morgan fingerprint density at radius 1 is 0.923 bits per heavy atom. The minimum Gasteiger partial charge on any atom is -0.480 e. The summed E-state index contributed by atoms with van der Waals surface area (Å²) in [6.07, 6.45) is 0.0307. The topological polar surface area (TPSA) is 114 Å². The molecule has 2 atom stereocenters. The summed E-state index contributed by atoms with van der Waals surface area (Å²) in [6.45, 7) is 1.94. The number of alkyl carbamates (subject to hydrolysis) is 1. The molecule has 8 heteroatoms. The summed E-state index contributed by atoms with van der Waals surface area (Å²) in [7, 11) is 0. The van der Waals surface area contributed by atoms with Crippen molar-refractivity contribution in [2.24, 2.45) is 0 Å². The third-order valence-corrected chi connectivity index (χ3v) is 7.70. The summed E-state index contributed by atoms with van der Waals surface area (Å²) < 4.78 is 11.4. The molecule has 0 bridgehead atoms. The van der Waals surface area contributed by atoms with E-state index in [4.69, 9.17) is 9.47 Å². The van der Waals surface area contributed by atoms with Crippen LogP contribution < -0.4 is 10.6 Å². The summed E-state index contributed by atoms with van der Waals surface area (Å²) in [5.74, 6) is -1.86. The average Bonchev–Trinajstić information content (AvgIpc) is 3.25. The van der Waals surface area contributed by atoms with Crippen molar-refractivity contribution in [3.63, 3.8) is 0 Å². The van der Waals surface area contributed by atoms with Crippen LogP contribution in [0, 0.1) is 0 Å². The number of hydrogen-bond acceptors (Lipinski definition) is 5. The van der Waals surface area contributed by atoms with Crippen molar-refractivity contribution < 1.29 is 29.0 Å². The van der Waals surface area contributed by atoms with Crippen molar-refractivity contribution in [2.45, 2.75) is 56.4 Å². The van der Waals surface area contributed by atoms with Crippen LogP contribution in [0.25, 0.3) is 11.1 Å². The first-order valence-electron chi connectivity index (χ1n) is 13.2. The Bertz CT molecular complexity index is 1310. The van der Waals surface area contributed by atoms with Gasteiger partial charge in [0.05, 0.1) is 12.7 Å². The maximum Gasteiger partial charge on any atom is 0.408 e. The Kier molecular flexibility index (Phi) is 7.65. The molecule has 2 aliphatic rings. The van der Waals surface area contributed by atoms with Gasteiger partial charge in [-0.05, 0) is 54.0 Å². The van der Waals surface area contributed by atoms with Crippen LogP contribution in [0.5, 0.6) is 0 Å². The maximum atomic E-state index is 13.3. The van der Waals surface area contributed by atoms with Gasteiger partial charge < -0.3 is 25.2 Å². The number of hydrogen-bond donors (Lipinski definition) is 3. The molecule has 0 unspecified atom stereocenters. The van der Waals surface area contributed by atoms with Crippen LogP contribution >= 0.6 is 0 Å². The fraction of sp³-hybridized carbons (Fsp3) is 0.323. The number of nitrogens with one attached hydrogen (secondary N) is 2. The predicted molar refractivity (Wildman–Crippen MR) is 145 cm³/mol. The third-order valence-electron chi connectivity index (χ3n) is 7.70. The van der Waals surface area contributed by atoms with Gasteiger partial charge in [0.1, 0.15) is 12.1 Å². The summed E-state index contributed by atoms with van der Waals surface area (Å²) >= 11 is 0.